The monoisotopic (exact) mass is 258 g/mol. The second kappa shape index (κ2) is 5.84. The highest BCUT2D eigenvalue weighted by molar-refractivity contribution is 7.99. The molecule has 0 aliphatic carbocycles. The number of aromatic nitrogens is 2. The zero-order chi connectivity index (χ0) is 11.4. The highest BCUT2D eigenvalue weighted by atomic mass is 32.2. The highest BCUT2D eigenvalue weighted by Gasteiger charge is 2.21. The van der Waals surface area contributed by atoms with Gasteiger partial charge in [0.2, 0.25) is 0 Å². The standard InChI is InChI=1S/C10H18N4S2/c1-3-11-10-9(12-13-16-10)6-14(2)8-4-5-15-7-8/h8,11H,3-7H2,1-2H3. The van der Waals surface area contributed by atoms with Gasteiger partial charge in [0.05, 0.1) is 0 Å². The van der Waals surface area contributed by atoms with Crippen LogP contribution in [0.25, 0.3) is 0 Å². The number of thioether (sulfide) groups is 1. The summed E-state index contributed by atoms with van der Waals surface area (Å²) in [5.41, 5.74) is 1.09. The summed E-state index contributed by atoms with van der Waals surface area (Å²) in [6.07, 6.45) is 1.30. The third-order valence-electron chi connectivity index (χ3n) is 2.82. The fourth-order valence-electron chi connectivity index (χ4n) is 1.84. The molecule has 1 aliphatic rings. The first kappa shape index (κ1) is 12.1. The smallest absolute Gasteiger partial charge is 0.134 e. The molecule has 2 rings (SSSR count). The van der Waals surface area contributed by atoms with E-state index in [9.17, 15) is 0 Å². The number of nitrogens with one attached hydrogen (secondary N) is 1. The Balaban J connectivity index is 1.94. The summed E-state index contributed by atoms with van der Waals surface area (Å²) in [4.78, 5) is 2.40. The van der Waals surface area contributed by atoms with E-state index in [0.717, 1.165) is 23.8 Å². The maximum atomic E-state index is 4.20. The molecule has 0 radical (unpaired) electrons. The van der Waals surface area contributed by atoms with E-state index in [1.54, 1.807) is 0 Å². The average molecular weight is 258 g/mol. The molecular formula is C10H18N4S2. The van der Waals surface area contributed by atoms with Gasteiger partial charge in [-0.15, -0.1) is 5.10 Å². The predicted octanol–water partition coefficient (Wildman–Crippen LogP) is 1.91. The van der Waals surface area contributed by atoms with Gasteiger partial charge in [0.25, 0.3) is 0 Å². The summed E-state index contributed by atoms with van der Waals surface area (Å²) in [5.74, 6) is 2.55. The van der Waals surface area contributed by atoms with Crippen molar-refractivity contribution in [3.63, 3.8) is 0 Å². The molecule has 1 aromatic heterocycles. The molecule has 0 saturated carbocycles. The predicted molar refractivity (Wildman–Crippen MR) is 71.3 cm³/mol. The van der Waals surface area contributed by atoms with Gasteiger partial charge in [-0.2, -0.15) is 11.8 Å². The van der Waals surface area contributed by atoms with E-state index in [4.69, 9.17) is 0 Å². The van der Waals surface area contributed by atoms with Crippen molar-refractivity contribution in [3.05, 3.63) is 5.69 Å². The first-order valence-corrected chi connectivity index (χ1v) is 7.57. The molecule has 1 aliphatic heterocycles. The number of hydrogen-bond acceptors (Lipinski definition) is 6. The zero-order valence-electron chi connectivity index (χ0n) is 9.77. The van der Waals surface area contributed by atoms with Crippen molar-refractivity contribution in [2.24, 2.45) is 0 Å². The average Bonchev–Trinajstić information content (AvgIpc) is 2.90. The van der Waals surface area contributed by atoms with Gasteiger partial charge in [0.15, 0.2) is 0 Å². The molecule has 1 unspecified atom stereocenters. The first-order chi connectivity index (χ1) is 7.81. The van der Waals surface area contributed by atoms with Crippen LogP contribution in [-0.2, 0) is 6.54 Å². The molecule has 1 N–H and O–H groups in total. The molecule has 6 heteroatoms. The van der Waals surface area contributed by atoms with Crippen LogP contribution in [0.15, 0.2) is 0 Å². The summed E-state index contributed by atoms with van der Waals surface area (Å²) in [7, 11) is 2.19. The van der Waals surface area contributed by atoms with Crippen LogP contribution in [0.4, 0.5) is 5.00 Å². The molecule has 0 spiro atoms. The zero-order valence-corrected chi connectivity index (χ0v) is 11.4. The van der Waals surface area contributed by atoms with Crippen molar-refractivity contribution in [3.8, 4) is 0 Å². The number of rotatable bonds is 5. The van der Waals surface area contributed by atoms with Crippen molar-refractivity contribution in [2.45, 2.75) is 25.9 Å². The maximum absolute atomic E-state index is 4.20. The van der Waals surface area contributed by atoms with E-state index in [-0.39, 0.29) is 0 Å². The quantitative estimate of drug-likeness (QED) is 0.873. The molecule has 1 aromatic rings. The lowest BCUT2D eigenvalue weighted by molar-refractivity contribution is 0.252. The Kier molecular flexibility index (Phi) is 4.43. The third-order valence-corrected chi connectivity index (χ3v) is 4.69. The lowest BCUT2D eigenvalue weighted by atomic mass is 10.2. The van der Waals surface area contributed by atoms with Crippen molar-refractivity contribution in [1.82, 2.24) is 14.5 Å². The van der Waals surface area contributed by atoms with E-state index in [1.165, 1.54) is 29.5 Å². The maximum Gasteiger partial charge on any atom is 0.134 e. The topological polar surface area (TPSA) is 41.1 Å². The van der Waals surface area contributed by atoms with Crippen LogP contribution < -0.4 is 5.32 Å². The minimum atomic E-state index is 0.709. The molecule has 1 fully saturated rings. The molecular weight excluding hydrogens is 240 g/mol. The second-order valence-corrected chi connectivity index (χ2v) is 5.92. The second-order valence-electron chi connectivity index (χ2n) is 4.01. The Morgan fingerprint density at radius 1 is 1.56 bits per heavy atom. The molecule has 2 heterocycles. The molecule has 90 valence electrons. The SMILES string of the molecule is CCNc1snnc1CN(C)C1CCSC1. The highest BCUT2D eigenvalue weighted by Crippen LogP contribution is 2.24. The first-order valence-electron chi connectivity index (χ1n) is 5.64. The van der Waals surface area contributed by atoms with Crippen molar-refractivity contribution < 1.29 is 0 Å². The summed E-state index contributed by atoms with van der Waals surface area (Å²) < 4.78 is 4.02. The van der Waals surface area contributed by atoms with E-state index < -0.39 is 0 Å². The minimum absolute atomic E-state index is 0.709. The molecule has 16 heavy (non-hydrogen) atoms. The van der Waals surface area contributed by atoms with Gasteiger partial charge in [-0.1, -0.05) is 4.49 Å². The van der Waals surface area contributed by atoms with Crippen LogP contribution in [0.1, 0.15) is 19.0 Å². The van der Waals surface area contributed by atoms with Gasteiger partial charge >= 0.3 is 0 Å². The lowest BCUT2D eigenvalue weighted by Crippen LogP contribution is -2.31. The van der Waals surface area contributed by atoms with Crippen molar-refractivity contribution >= 4 is 28.3 Å². The minimum Gasteiger partial charge on any atom is -0.374 e. The third kappa shape index (κ3) is 2.87. The van der Waals surface area contributed by atoms with Crippen LogP contribution in [0.3, 0.4) is 0 Å². The Bertz CT molecular complexity index is 322. The number of nitrogens with zero attached hydrogens (tertiary/aromatic N) is 3. The van der Waals surface area contributed by atoms with Crippen molar-refractivity contribution in [1.29, 1.82) is 0 Å². The van der Waals surface area contributed by atoms with E-state index in [0.29, 0.717) is 6.04 Å². The van der Waals surface area contributed by atoms with Crippen LogP contribution in [-0.4, -0.2) is 45.6 Å². The molecule has 4 nitrogen and oxygen atoms in total. The van der Waals surface area contributed by atoms with Crippen LogP contribution in [0.2, 0.25) is 0 Å². The number of hydrogen-bond donors (Lipinski definition) is 1. The van der Waals surface area contributed by atoms with Gasteiger partial charge in [0, 0.05) is 36.4 Å². The van der Waals surface area contributed by atoms with Crippen LogP contribution in [0, 0.1) is 0 Å². The largest absolute Gasteiger partial charge is 0.374 e. The summed E-state index contributed by atoms with van der Waals surface area (Å²) in [6.45, 7) is 3.94. The summed E-state index contributed by atoms with van der Waals surface area (Å²) in [5, 5.41) is 8.64. The van der Waals surface area contributed by atoms with E-state index in [1.807, 2.05) is 11.8 Å². The number of anilines is 1. The summed E-state index contributed by atoms with van der Waals surface area (Å²) >= 11 is 3.50. The summed E-state index contributed by atoms with van der Waals surface area (Å²) in [6, 6.07) is 0.709. The van der Waals surface area contributed by atoms with E-state index in [2.05, 4.69) is 33.8 Å². The van der Waals surface area contributed by atoms with Crippen LogP contribution >= 0.6 is 23.3 Å². The fraction of sp³-hybridized carbons (Fsp3) is 0.800. The van der Waals surface area contributed by atoms with Gasteiger partial charge in [-0.3, -0.25) is 4.90 Å². The van der Waals surface area contributed by atoms with Crippen LogP contribution in [0.5, 0.6) is 0 Å². The lowest BCUT2D eigenvalue weighted by Gasteiger charge is -2.22. The Morgan fingerprint density at radius 3 is 3.12 bits per heavy atom. The Labute approximate surface area is 105 Å². The Hall–Kier alpha value is -0.330. The Morgan fingerprint density at radius 2 is 2.44 bits per heavy atom. The van der Waals surface area contributed by atoms with Crippen molar-refractivity contribution in [2.75, 3.05) is 30.4 Å². The molecule has 1 atom stereocenters. The molecule has 0 amide bonds. The molecule has 0 bridgehead atoms. The van der Waals surface area contributed by atoms with Gasteiger partial charge in [-0.05, 0) is 26.1 Å². The molecule has 0 aromatic carbocycles. The van der Waals surface area contributed by atoms with Gasteiger partial charge in [-0.25, -0.2) is 0 Å². The van der Waals surface area contributed by atoms with E-state index >= 15 is 0 Å². The molecule has 1 saturated heterocycles. The van der Waals surface area contributed by atoms with Gasteiger partial charge in [0.1, 0.15) is 10.7 Å². The van der Waals surface area contributed by atoms with Gasteiger partial charge < -0.3 is 5.32 Å². The normalized spacial score (nSPS) is 20.6. The fourth-order valence-corrected chi connectivity index (χ4v) is 3.78.